The molecule has 1 nitrogen and oxygen atoms in total. The molecule has 1 heteroatoms. The number of rotatable bonds is 7. The van der Waals surface area contributed by atoms with Gasteiger partial charge in [-0.05, 0) is 36.8 Å². The SMILES string of the molecule is CCc1ccc(C(CC)NC(C)C(C)CC)cc1. The average Bonchev–Trinajstić information content (AvgIpc) is 2.43. The van der Waals surface area contributed by atoms with Crippen LogP contribution in [0.15, 0.2) is 24.3 Å². The standard InChI is InChI=1S/C17H29N/c1-6-13(4)14(5)18-17(8-3)16-11-9-15(7-2)10-12-16/h9-14,17-18H,6-8H2,1-5H3. The molecule has 0 heterocycles. The number of nitrogens with one attached hydrogen (secondary N) is 1. The highest BCUT2D eigenvalue weighted by Gasteiger charge is 2.15. The van der Waals surface area contributed by atoms with E-state index in [1.54, 1.807) is 0 Å². The van der Waals surface area contributed by atoms with Gasteiger partial charge in [0, 0.05) is 12.1 Å². The fourth-order valence-corrected chi connectivity index (χ4v) is 2.27. The maximum atomic E-state index is 3.77. The lowest BCUT2D eigenvalue weighted by Gasteiger charge is -2.26. The van der Waals surface area contributed by atoms with Crippen LogP contribution in [0.5, 0.6) is 0 Å². The Morgan fingerprint density at radius 3 is 2.00 bits per heavy atom. The van der Waals surface area contributed by atoms with Gasteiger partial charge in [-0.25, -0.2) is 0 Å². The van der Waals surface area contributed by atoms with Gasteiger partial charge in [0.05, 0.1) is 0 Å². The van der Waals surface area contributed by atoms with Gasteiger partial charge in [-0.2, -0.15) is 0 Å². The van der Waals surface area contributed by atoms with Crippen molar-refractivity contribution in [1.82, 2.24) is 5.32 Å². The van der Waals surface area contributed by atoms with E-state index in [1.807, 2.05) is 0 Å². The molecule has 0 saturated heterocycles. The highest BCUT2D eigenvalue weighted by molar-refractivity contribution is 5.25. The summed E-state index contributed by atoms with van der Waals surface area (Å²) in [5.41, 5.74) is 2.84. The van der Waals surface area contributed by atoms with Gasteiger partial charge < -0.3 is 5.32 Å². The Labute approximate surface area is 113 Å². The minimum Gasteiger partial charge on any atom is -0.307 e. The van der Waals surface area contributed by atoms with E-state index in [1.165, 1.54) is 17.5 Å². The third kappa shape index (κ3) is 4.13. The van der Waals surface area contributed by atoms with E-state index in [4.69, 9.17) is 0 Å². The molecule has 1 N–H and O–H groups in total. The molecule has 0 amide bonds. The van der Waals surface area contributed by atoms with Crippen LogP contribution in [0.1, 0.15) is 64.6 Å². The molecule has 0 aliphatic carbocycles. The van der Waals surface area contributed by atoms with Crippen molar-refractivity contribution in [2.24, 2.45) is 5.92 Å². The molecular formula is C17H29N. The molecule has 1 aromatic rings. The van der Waals surface area contributed by atoms with Crippen molar-refractivity contribution < 1.29 is 0 Å². The zero-order valence-electron chi connectivity index (χ0n) is 12.7. The Morgan fingerprint density at radius 1 is 0.944 bits per heavy atom. The summed E-state index contributed by atoms with van der Waals surface area (Å²) in [4.78, 5) is 0. The molecule has 0 fully saturated rings. The normalized spacial score (nSPS) is 16.3. The zero-order chi connectivity index (χ0) is 13.5. The van der Waals surface area contributed by atoms with Crippen molar-refractivity contribution in [3.63, 3.8) is 0 Å². The van der Waals surface area contributed by atoms with E-state index >= 15 is 0 Å². The molecule has 0 aliphatic heterocycles. The van der Waals surface area contributed by atoms with Gasteiger partial charge in [0.15, 0.2) is 0 Å². The smallest absolute Gasteiger partial charge is 0.0320 e. The molecule has 0 bridgehead atoms. The fourth-order valence-electron chi connectivity index (χ4n) is 2.27. The van der Waals surface area contributed by atoms with Crippen LogP contribution in [0.25, 0.3) is 0 Å². The summed E-state index contributed by atoms with van der Waals surface area (Å²) >= 11 is 0. The van der Waals surface area contributed by atoms with Crippen molar-refractivity contribution in [1.29, 1.82) is 0 Å². The average molecular weight is 247 g/mol. The number of aryl methyl sites for hydroxylation is 1. The Hall–Kier alpha value is -0.820. The summed E-state index contributed by atoms with van der Waals surface area (Å²) in [6.07, 6.45) is 3.50. The third-order valence-electron chi connectivity index (χ3n) is 4.16. The Balaban J connectivity index is 2.70. The minimum atomic E-state index is 0.486. The van der Waals surface area contributed by atoms with Crippen molar-refractivity contribution in [3.8, 4) is 0 Å². The summed E-state index contributed by atoms with van der Waals surface area (Å²) in [6.45, 7) is 11.4. The van der Waals surface area contributed by atoms with Gasteiger partial charge >= 0.3 is 0 Å². The molecular weight excluding hydrogens is 218 g/mol. The highest BCUT2D eigenvalue weighted by Crippen LogP contribution is 2.20. The van der Waals surface area contributed by atoms with Crippen LogP contribution in [-0.2, 0) is 6.42 Å². The zero-order valence-corrected chi connectivity index (χ0v) is 12.7. The predicted molar refractivity (Wildman–Crippen MR) is 80.9 cm³/mol. The summed E-state index contributed by atoms with van der Waals surface area (Å²) in [5, 5.41) is 3.77. The van der Waals surface area contributed by atoms with Crippen molar-refractivity contribution in [2.45, 2.75) is 66.0 Å². The first-order valence-corrected chi connectivity index (χ1v) is 7.47. The van der Waals surface area contributed by atoms with E-state index < -0.39 is 0 Å². The summed E-state index contributed by atoms with van der Waals surface area (Å²) < 4.78 is 0. The van der Waals surface area contributed by atoms with Crippen molar-refractivity contribution >= 4 is 0 Å². The lowest BCUT2D eigenvalue weighted by Crippen LogP contribution is -2.34. The largest absolute Gasteiger partial charge is 0.307 e. The molecule has 18 heavy (non-hydrogen) atoms. The van der Waals surface area contributed by atoms with Gasteiger partial charge in [0.25, 0.3) is 0 Å². The van der Waals surface area contributed by atoms with E-state index in [2.05, 4.69) is 64.2 Å². The van der Waals surface area contributed by atoms with Gasteiger partial charge in [0.1, 0.15) is 0 Å². The van der Waals surface area contributed by atoms with E-state index in [0.29, 0.717) is 12.1 Å². The molecule has 3 atom stereocenters. The summed E-state index contributed by atoms with van der Waals surface area (Å²) in [7, 11) is 0. The number of hydrogen-bond donors (Lipinski definition) is 1. The lowest BCUT2D eigenvalue weighted by atomic mass is 9.96. The second-order valence-corrected chi connectivity index (χ2v) is 5.40. The van der Waals surface area contributed by atoms with Crippen LogP contribution < -0.4 is 5.32 Å². The first-order valence-electron chi connectivity index (χ1n) is 7.47. The van der Waals surface area contributed by atoms with Crippen LogP contribution in [0.3, 0.4) is 0 Å². The molecule has 0 spiro atoms. The van der Waals surface area contributed by atoms with Gasteiger partial charge in [-0.3, -0.25) is 0 Å². The molecule has 0 radical (unpaired) electrons. The van der Waals surface area contributed by atoms with Crippen LogP contribution in [0.4, 0.5) is 0 Å². The maximum Gasteiger partial charge on any atom is 0.0320 e. The first-order chi connectivity index (χ1) is 8.62. The first kappa shape index (κ1) is 15.2. The second kappa shape index (κ2) is 7.58. The van der Waals surface area contributed by atoms with Crippen molar-refractivity contribution in [3.05, 3.63) is 35.4 Å². The second-order valence-electron chi connectivity index (χ2n) is 5.40. The Kier molecular flexibility index (Phi) is 6.42. The predicted octanol–water partition coefficient (Wildman–Crippen LogP) is 4.72. The molecule has 1 rings (SSSR count). The van der Waals surface area contributed by atoms with E-state index in [9.17, 15) is 0 Å². The quantitative estimate of drug-likeness (QED) is 0.735. The van der Waals surface area contributed by atoms with Gasteiger partial charge in [-0.15, -0.1) is 0 Å². The third-order valence-corrected chi connectivity index (χ3v) is 4.16. The van der Waals surface area contributed by atoms with Crippen molar-refractivity contribution in [2.75, 3.05) is 0 Å². The number of hydrogen-bond acceptors (Lipinski definition) is 1. The molecule has 0 aliphatic rings. The topological polar surface area (TPSA) is 12.0 Å². The molecule has 3 unspecified atom stereocenters. The fraction of sp³-hybridized carbons (Fsp3) is 0.647. The van der Waals surface area contributed by atoms with Crippen LogP contribution >= 0.6 is 0 Å². The number of benzene rings is 1. The maximum absolute atomic E-state index is 3.77. The van der Waals surface area contributed by atoms with Crippen LogP contribution in [-0.4, -0.2) is 6.04 Å². The monoisotopic (exact) mass is 247 g/mol. The van der Waals surface area contributed by atoms with Gasteiger partial charge in [0.2, 0.25) is 0 Å². The minimum absolute atomic E-state index is 0.486. The van der Waals surface area contributed by atoms with E-state index in [-0.39, 0.29) is 0 Å². The molecule has 0 aromatic heterocycles. The Morgan fingerprint density at radius 2 is 1.56 bits per heavy atom. The van der Waals surface area contributed by atoms with Crippen LogP contribution in [0.2, 0.25) is 0 Å². The van der Waals surface area contributed by atoms with Crippen LogP contribution in [0, 0.1) is 5.92 Å². The Bertz CT molecular complexity index is 328. The summed E-state index contributed by atoms with van der Waals surface area (Å²) in [5.74, 6) is 0.731. The molecule has 102 valence electrons. The van der Waals surface area contributed by atoms with E-state index in [0.717, 1.165) is 18.8 Å². The molecule has 0 saturated carbocycles. The van der Waals surface area contributed by atoms with Gasteiger partial charge in [-0.1, -0.05) is 58.4 Å². The lowest BCUT2D eigenvalue weighted by molar-refractivity contribution is 0.345. The summed E-state index contributed by atoms with van der Waals surface area (Å²) in [6, 6.07) is 10.1. The molecule has 1 aromatic carbocycles. The highest BCUT2D eigenvalue weighted by atomic mass is 14.9.